The maximum Gasteiger partial charge on any atom is 0.231 e. The first-order valence-electron chi connectivity index (χ1n) is 8.11. The van der Waals surface area contributed by atoms with Gasteiger partial charge in [-0.25, -0.2) is 0 Å². The molecule has 1 aliphatic rings. The summed E-state index contributed by atoms with van der Waals surface area (Å²) in [7, 11) is 1.67. The third kappa shape index (κ3) is 3.61. The highest BCUT2D eigenvalue weighted by Gasteiger charge is 2.27. The Morgan fingerprint density at radius 3 is 3.22 bits per heavy atom. The average Bonchev–Trinajstić information content (AvgIpc) is 3.03. The number of rotatable bonds is 6. The number of piperidine rings is 1. The Bertz CT molecular complexity index is 657. The Balaban J connectivity index is 1.63. The number of hydrogen-bond acceptors (Lipinski definition) is 5. The summed E-state index contributed by atoms with van der Waals surface area (Å²) in [4.78, 5) is 14.5. The van der Waals surface area contributed by atoms with Crippen molar-refractivity contribution in [1.29, 1.82) is 0 Å². The number of carbonyl (C=O) groups excluding carboxylic acids is 1. The fourth-order valence-corrected chi connectivity index (χ4v) is 2.99. The summed E-state index contributed by atoms with van der Waals surface area (Å²) in [5, 5.41) is 11.5. The number of amides is 1. The smallest absolute Gasteiger partial charge is 0.231 e. The molecule has 1 N–H and O–H groups in total. The lowest BCUT2D eigenvalue weighted by Crippen LogP contribution is -2.44. The first-order valence-corrected chi connectivity index (χ1v) is 8.11. The standard InChI is InChI=1S/C16H23N5O2/c1-23-11-5-8-17-15(22)13-6-4-9-20(12-13)16-19-18-14-7-2-3-10-21(14)16/h2-3,7,10,13H,4-6,8-9,11-12H2,1H3,(H,17,22)/t13-/m1/s1. The number of ether oxygens (including phenoxy) is 1. The van der Waals surface area contributed by atoms with Crippen molar-refractivity contribution in [3.8, 4) is 0 Å². The lowest BCUT2D eigenvalue weighted by molar-refractivity contribution is -0.125. The van der Waals surface area contributed by atoms with Gasteiger partial charge in [0.15, 0.2) is 5.65 Å². The molecule has 0 spiro atoms. The molecule has 7 heteroatoms. The molecule has 3 heterocycles. The van der Waals surface area contributed by atoms with Gasteiger partial charge in [0.1, 0.15) is 0 Å². The van der Waals surface area contributed by atoms with Crippen LogP contribution in [0.4, 0.5) is 5.95 Å². The molecule has 2 aromatic rings. The van der Waals surface area contributed by atoms with E-state index in [9.17, 15) is 4.79 Å². The number of fused-ring (bicyclic) bond motifs is 1. The van der Waals surface area contributed by atoms with Gasteiger partial charge in [0.05, 0.1) is 5.92 Å². The van der Waals surface area contributed by atoms with E-state index < -0.39 is 0 Å². The van der Waals surface area contributed by atoms with Crippen LogP contribution in [0.25, 0.3) is 5.65 Å². The molecule has 3 rings (SSSR count). The van der Waals surface area contributed by atoms with Gasteiger partial charge in [-0.05, 0) is 31.4 Å². The molecule has 7 nitrogen and oxygen atoms in total. The Hall–Kier alpha value is -2.15. The third-order valence-corrected chi connectivity index (χ3v) is 4.20. The Morgan fingerprint density at radius 1 is 1.43 bits per heavy atom. The van der Waals surface area contributed by atoms with E-state index in [0.717, 1.165) is 37.4 Å². The van der Waals surface area contributed by atoms with Gasteiger partial charge < -0.3 is 15.0 Å². The minimum atomic E-state index is 0.00218. The Labute approximate surface area is 135 Å². The van der Waals surface area contributed by atoms with E-state index in [1.807, 2.05) is 28.8 Å². The highest BCUT2D eigenvalue weighted by molar-refractivity contribution is 5.79. The summed E-state index contributed by atoms with van der Waals surface area (Å²) >= 11 is 0. The monoisotopic (exact) mass is 317 g/mol. The molecule has 1 atom stereocenters. The second kappa shape index (κ2) is 7.41. The molecule has 1 amide bonds. The van der Waals surface area contributed by atoms with Crippen molar-refractivity contribution in [2.75, 3.05) is 38.3 Å². The predicted molar refractivity (Wildman–Crippen MR) is 87.4 cm³/mol. The van der Waals surface area contributed by atoms with Crippen LogP contribution in [0.3, 0.4) is 0 Å². The minimum absolute atomic E-state index is 0.00218. The van der Waals surface area contributed by atoms with E-state index >= 15 is 0 Å². The fourth-order valence-electron chi connectivity index (χ4n) is 2.99. The molecule has 0 bridgehead atoms. The summed E-state index contributed by atoms with van der Waals surface area (Å²) in [6, 6.07) is 5.84. The van der Waals surface area contributed by atoms with Gasteiger partial charge in [-0.15, -0.1) is 10.2 Å². The van der Waals surface area contributed by atoms with Gasteiger partial charge >= 0.3 is 0 Å². The van der Waals surface area contributed by atoms with E-state index in [2.05, 4.69) is 20.4 Å². The summed E-state index contributed by atoms with van der Waals surface area (Å²) in [6.07, 6.45) is 4.70. The van der Waals surface area contributed by atoms with E-state index in [4.69, 9.17) is 4.74 Å². The molecule has 0 aromatic carbocycles. The lowest BCUT2D eigenvalue weighted by Gasteiger charge is -2.31. The summed E-state index contributed by atoms with van der Waals surface area (Å²) in [5.41, 5.74) is 0.827. The summed E-state index contributed by atoms with van der Waals surface area (Å²) in [6.45, 7) is 2.93. The molecule has 0 unspecified atom stereocenters. The number of carbonyl (C=O) groups is 1. The molecule has 0 aliphatic carbocycles. The summed E-state index contributed by atoms with van der Waals surface area (Å²) < 4.78 is 6.97. The first kappa shape index (κ1) is 15.7. The topological polar surface area (TPSA) is 71.8 Å². The normalized spacial score (nSPS) is 18.3. The van der Waals surface area contributed by atoms with Crippen LogP contribution in [0.5, 0.6) is 0 Å². The van der Waals surface area contributed by atoms with E-state index in [1.54, 1.807) is 7.11 Å². The third-order valence-electron chi connectivity index (χ3n) is 4.20. The van der Waals surface area contributed by atoms with Crippen LogP contribution >= 0.6 is 0 Å². The quantitative estimate of drug-likeness (QED) is 0.808. The second-order valence-electron chi connectivity index (χ2n) is 5.85. The maximum absolute atomic E-state index is 12.3. The Morgan fingerprint density at radius 2 is 2.35 bits per heavy atom. The number of anilines is 1. The summed E-state index contributed by atoms with van der Waals surface area (Å²) in [5.74, 6) is 0.944. The van der Waals surface area contributed by atoms with Gasteiger partial charge in [-0.2, -0.15) is 0 Å². The molecular formula is C16H23N5O2. The van der Waals surface area contributed by atoms with Crippen LogP contribution in [-0.4, -0.2) is 53.9 Å². The van der Waals surface area contributed by atoms with E-state index in [1.165, 1.54) is 0 Å². The molecule has 0 saturated carbocycles. The van der Waals surface area contributed by atoms with Crippen molar-refractivity contribution in [2.45, 2.75) is 19.3 Å². The van der Waals surface area contributed by atoms with Gasteiger partial charge in [0.25, 0.3) is 0 Å². The zero-order valence-corrected chi connectivity index (χ0v) is 13.4. The van der Waals surface area contributed by atoms with Crippen LogP contribution in [-0.2, 0) is 9.53 Å². The molecular weight excluding hydrogens is 294 g/mol. The van der Waals surface area contributed by atoms with Crippen molar-refractivity contribution in [3.63, 3.8) is 0 Å². The van der Waals surface area contributed by atoms with Crippen LogP contribution in [0.2, 0.25) is 0 Å². The second-order valence-corrected chi connectivity index (χ2v) is 5.85. The van der Waals surface area contributed by atoms with Gasteiger partial charge in [0, 0.05) is 39.5 Å². The van der Waals surface area contributed by atoms with Crippen molar-refractivity contribution >= 4 is 17.5 Å². The lowest BCUT2D eigenvalue weighted by atomic mass is 9.97. The van der Waals surface area contributed by atoms with Gasteiger partial charge in [0.2, 0.25) is 11.9 Å². The average molecular weight is 317 g/mol. The Kier molecular flexibility index (Phi) is 5.07. The number of hydrogen-bond donors (Lipinski definition) is 1. The first-order chi connectivity index (χ1) is 11.3. The molecule has 0 radical (unpaired) electrons. The zero-order valence-electron chi connectivity index (χ0n) is 13.4. The highest BCUT2D eigenvalue weighted by Crippen LogP contribution is 2.22. The van der Waals surface area contributed by atoms with Crippen molar-refractivity contribution in [1.82, 2.24) is 19.9 Å². The molecule has 124 valence electrons. The van der Waals surface area contributed by atoms with Crippen LogP contribution < -0.4 is 10.2 Å². The van der Waals surface area contributed by atoms with Crippen LogP contribution in [0, 0.1) is 5.92 Å². The van der Waals surface area contributed by atoms with Gasteiger partial charge in [-0.1, -0.05) is 6.07 Å². The fraction of sp³-hybridized carbons (Fsp3) is 0.562. The minimum Gasteiger partial charge on any atom is -0.385 e. The highest BCUT2D eigenvalue weighted by atomic mass is 16.5. The zero-order chi connectivity index (χ0) is 16.1. The van der Waals surface area contributed by atoms with E-state index in [0.29, 0.717) is 19.7 Å². The molecule has 23 heavy (non-hydrogen) atoms. The predicted octanol–water partition coefficient (Wildman–Crippen LogP) is 1.10. The molecule has 2 aromatic heterocycles. The number of nitrogens with one attached hydrogen (secondary N) is 1. The van der Waals surface area contributed by atoms with Crippen molar-refractivity contribution in [2.24, 2.45) is 5.92 Å². The van der Waals surface area contributed by atoms with E-state index in [-0.39, 0.29) is 11.8 Å². The van der Waals surface area contributed by atoms with Crippen molar-refractivity contribution < 1.29 is 9.53 Å². The van der Waals surface area contributed by atoms with Crippen LogP contribution in [0.15, 0.2) is 24.4 Å². The molecule has 1 fully saturated rings. The van der Waals surface area contributed by atoms with Crippen LogP contribution in [0.1, 0.15) is 19.3 Å². The molecule has 1 saturated heterocycles. The van der Waals surface area contributed by atoms with Gasteiger partial charge in [-0.3, -0.25) is 9.20 Å². The van der Waals surface area contributed by atoms with Crippen molar-refractivity contribution in [3.05, 3.63) is 24.4 Å². The number of pyridine rings is 1. The number of methoxy groups -OCH3 is 1. The SMILES string of the molecule is COCCCNC(=O)[C@@H]1CCCN(c2nnc3ccccn23)C1. The maximum atomic E-state index is 12.3. The number of nitrogens with zero attached hydrogens (tertiary/aromatic N) is 4. The number of aromatic nitrogens is 3. The largest absolute Gasteiger partial charge is 0.385 e. The molecule has 1 aliphatic heterocycles.